The monoisotopic (exact) mass is 450 g/mol. The van der Waals surface area contributed by atoms with Gasteiger partial charge < -0.3 is 24.9 Å². The first-order valence-electron chi connectivity index (χ1n) is 9.95. The Morgan fingerprint density at radius 1 is 1.38 bits per heavy atom. The third-order valence-corrected chi connectivity index (χ3v) is 5.09. The summed E-state index contributed by atoms with van der Waals surface area (Å²) >= 11 is 0. The number of fused-ring (bicyclic) bond motifs is 1. The molecular weight excluding hydrogens is 429 g/mol. The molecule has 1 aliphatic rings. The zero-order chi connectivity index (χ0) is 22.9. The number of aliphatic hydroxyl groups is 1. The number of aromatic nitrogens is 3. The third-order valence-electron chi connectivity index (χ3n) is 5.09. The van der Waals surface area contributed by atoms with E-state index in [1.807, 2.05) is 0 Å². The van der Waals surface area contributed by atoms with E-state index >= 15 is 0 Å². The summed E-state index contributed by atoms with van der Waals surface area (Å²) in [5.74, 6) is -4.13. The van der Waals surface area contributed by atoms with Crippen molar-refractivity contribution in [1.29, 1.82) is 0 Å². The molecule has 4 rings (SSSR count). The molecule has 32 heavy (non-hydrogen) atoms. The van der Waals surface area contributed by atoms with Crippen LogP contribution in [0.4, 0.5) is 19.0 Å². The van der Waals surface area contributed by atoms with Crippen molar-refractivity contribution in [2.24, 2.45) is 0 Å². The lowest BCUT2D eigenvalue weighted by atomic mass is 10.0. The number of hydrogen-bond acceptors (Lipinski definition) is 7. The summed E-state index contributed by atoms with van der Waals surface area (Å²) in [5.41, 5.74) is -1.13. The fourth-order valence-corrected chi connectivity index (χ4v) is 3.45. The van der Waals surface area contributed by atoms with Crippen molar-refractivity contribution in [3.05, 3.63) is 57.4 Å². The van der Waals surface area contributed by atoms with Crippen LogP contribution >= 0.6 is 0 Å². The van der Waals surface area contributed by atoms with Crippen LogP contribution in [-0.4, -0.2) is 46.0 Å². The van der Waals surface area contributed by atoms with E-state index in [1.165, 1.54) is 18.2 Å². The van der Waals surface area contributed by atoms with Gasteiger partial charge in [0.05, 0.1) is 24.2 Å². The number of H-pyrrole nitrogens is 1. The number of aryl methyl sites for hydroxylation is 1. The summed E-state index contributed by atoms with van der Waals surface area (Å²) in [6.45, 7) is 0.871. The van der Waals surface area contributed by atoms with Crippen LogP contribution in [0.5, 0.6) is 5.75 Å². The molecule has 0 amide bonds. The van der Waals surface area contributed by atoms with E-state index in [4.69, 9.17) is 14.6 Å². The number of anilines is 1. The van der Waals surface area contributed by atoms with Gasteiger partial charge in [-0.05, 0) is 13.0 Å². The minimum absolute atomic E-state index is 0.0379. The molecular formula is C21H21F3N4O4. The predicted octanol–water partition coefficient (Wildman–Crippen LogP) is 2.63. The fourth-order valence-electron chi connectivity index (χ4n) is 3.45. The van der Waals surface area contributed by atoms with Crippen molar-refractivity contribution in [2.75, 3.05) is 25.1 Å². The molecule has 0 spiro atoms. The standard InChI is InChI=1S/C21H21F3N4O4/c1-11-26-18(25-8-12-3-2-4-15(17(12)22)21(23,24)10-29)14-7-16(20(30)28-19(14)27-11)32-13-5-6-31-9-13/h2-4,7,13,29H,5-6,8-10H2,1H3,(H2,25,26,27,28,30). The minimum Gasteiger partial charge on any atom is -0.482 e. The van der Waals surface area contributed by atoms with Crippen molar-refractivity contribution in [3.8, 4) is 5.75 Å². The van der Waals surface area contributed by atoms with Gasteiger partial charge in [0.25, 0.3) is 11.5 Å². The number of ether oxygens (including phenoxy) is 2. The van der Waals surface area contributed by atoms with Gasteiger partial charge in [-0.1, -0.05) is 12.1 Å². The first-order chi connectivity index (χ1) is 15.3. The van der Waals surface area contributed by atoms with Crippen LogP contribution in [0.25, 0.3) is 11.0 Å². The van der Waals surface area contributed by atoms with Crippen molar-refractivity contribution in [1.82, 2.24) is 15.0 Å². The number of benzene rings is 1. The Kier molecular flexibility index (Phi) is 6.02. The lowest BCUT2D eigenvalue weighted by Crippen LogP contribution is -2.22. The van der Waals surface area contributed by atoms with Crippen molar-refractivity contribution in [3.63, 3.8) is 0 Å². The number of nitrogens with one attached hydrogen (secondary N) is 2. The Hall–Kier alpha value is -3.18. The van der Waals surface area contributed by atoms with E-state index in [2.05, 4.69) is 20.3 Å². The maximum atomic E-state index is 14.7. The molecule has 170 valence electrons. The lowest BCUT2D eigenvalue weighted by Gasteiger charge is -2.17. The summed E-state index contributed by atoms with van der Waals surface area (Å²) in [6.07, 6.45) is 0.405. The van der Waals surface area contributed by atoms with E-state index in [0.717, 1.165) is 6.07 Å². The second-order valence-corrected chi connectivity index (χ2v) is 7.44. The molecule has 1 unspecified atom stereocenters. The molecule has 11 heteroatoms. The first-order valence-corrected chi connectivity index (χ1v) is 9.95. The zero-order valence-corrected chi connectivity index (χ0v) is 17.1. The molecule has 1 saturated heterocycles. The number of halogens is 3. The molecule has 0 radical (unpaired) electrons. The van der Waals surface area contributed by atoms with Crippen LogP contribution < -0.4 is 15.6 Å². The Morgan fingerprint density at radius 3 is 2.91 bits per heavy atom. The fraction of sp³-hybridized carbons (Fsp3) is 0.381. The molecule has 1 atom stereocenters. The van der Waals surface area contributed by atoms with Crippen LogP contribution in [0.2, 0.25) is 0 Å². The Morgan fingerprint density at radius 2 is 2.19 bits per heavy atom. The number of aromatic amines is 1. The van der Waals surface area contributed by atoms with Gasteiger partial charge in [0.15, 0.2) is 5.75 Å². The Labute approximate surface area is 180 Å². The van der Waals surface area contributed by atoms with Crippen LogP contribution in [0.3, 0.4) is 0 Å². The number of rotatable bonds is 7. The third kappa shape index (κ3) is 4.39. The quantitative estimate of drug-likeness (QED) is 0.508. The molecule has 3 aromatic rings. The molecule has 1 fully saturated rings. The zero-order valence-electron chi connectivity index (χ0n) is 17.1. The van der Waals surface area contributed by atoms with Gasteiger partial charge in [0, 0.05) is 24.6 Å². The highest BCUT2D eigenvalue weighted by Gasteiger charge is 2.34. The molecule has 0 aliphatic carbocycles. The topological polar surface area (TPSA) is 109 Å². The molecule has 3 heterocycles. The highest BCUT2D eigenvalue weighted by atomic mass is 19.3. The van der Waals surface area contributed by atoms with Gasteiger partial charge in [-0.2, -0.15) is 8.78 Å². The van der Waals surface area contributed by atoms with Crippen molar-refractivity contribution in [2.45, 2.75) is 31.9 Å². The Balaban J connectivity index is 1.66. The summed E-state index contributed by atoms with van der Waals surface area (Å²) in [5, 5.41) is 12.2. The highest BCUT2D eigenvalue weighted by molar-refractivity contribution is 5.87. The average molecular weight is 450 g/mol. The molecule has 0 bridgehead atoms. The maximum absolute atomic E-state index is 14.7. The number of aliphatic hydroxyl groups excluding tert-OH is 1. The second kappa shape index (κ2) is 8.75. The van der Waals surface area contributed by atoms with Crippen molar-refractivity contribution < 1.29 is 27.8 Å². The lowest BCUT2D eigenvalue weighted by molar-refractivity contribution is -0.0583. The predicted molar refractivity (Wildman–Crippen MR) is 109 cm³/mol. The molecule has 3 N–H and O–H groups in total. The molecule has 8 nitrogen and oxygen atoms in total. The van der Waals surface area contributed by atoms with Gasteiger partial charge in [-0.3, -0.25) is 4.79 Å². The van der Waals surface area contributed by atoms with Gasteiger partial charge in [0.1, 0.15) is 35.8 Å². The summed E-state index contributed by atoms with van der Waals surface area (Å²) < 4.78 is 53.3. The Bertz CT molecular complexity index is 1200. The molecule has 2 aromatic heterocycles. The largest absolute Gasteiger partial charge is 0.482 e. The van der Waals surface area contributed by atoms with E-state index in [0.29, 0.717) is 30.8 Å². The van der Waals surface area contributed by atoms with Crippen LogP contribution in [0, 0.1) is 12.7 Å². The number of pyridine rings is 1. The first kappa shape index (κ1) is 22.0. The van der Waals surface area contributed by atoms with Crippen molar-refractivity contribution >= 4 is 16.9 Å². The second-order valence-electron chi connectivity index (χ2n) is 7.44. The number of hydrogen-bond donors (Lipinski definition) is 3. The van der Waals surface area contributed by atoms with E-state index in [-0.39, 0.29) is 35.4 Å². The molecule has 0 saturated carbocycles. The van der Waals surface area contributed by atoms with E-state index in [1.54, 1.807) is 6.92 Å². The highest BCUT2D eigenvalue weighted by Crippen LogP contribution is 2.31. The SMILES string of the molecule is Cc1nc(NCc2cccc(C(F)(F)CO)c2F)c2cc(OC3CCOC3)c(=O)[nH]c2n1. The summed E-state index contributed by atoms with van der Waals surface area (Å²) in [7, 11) is 0. The van der Waals surface area contributed by atoms with Crippen LogP contribution in [0.1, 0.15) is 23.4 Å². The van der Waals surface area contributed by atoms with E-state index < -0.39 is 29.5 Å². The number of alkyl halides is 2. The molecule has 1 aromatic carbocycles. The van der Waals surface area contributed by atoms with E-state index in [9.17, 15) is 18.0 Å². The average Bonchev–Trinajstić information content (AvgIpc) is 3.26. The van der Waals surface area contributed by atoms with Crippen LogP contribution in [-0.2, 0) is 17.2 Å². The molecule has 1 aliphatic heterocycles. The van der Waals surface area contributed by atoms with Gasteiger partial charge in [-0.25, -0.2) is 14.4 Å². The van der Waals surface area contributed by atoms with Crippen LogP contribution in [0.15, 0.2) is 29.1 Å². The summed E-state index contributed by atoms with van der Waals surface area (Å²) in [6, 6.07) is 5.06. The minimum atomic E-state index is -3.70. The van der Waals surface area contributed by atoms with Gasteiger partial charge in [-0.15, -0.1) is 0 Å². The van der Waals surface area contributed by atoms with Gasteiger partial charge >= 0.3 is 0 Å². The van der Waals surface area contributed by atoms with Gasteiger partial charge in [0.2, 0.25) is 0 Å². The summed E-state index contributed by atoms with van der Waals surface area (Å²) in [4.78, 5) is 23.5. The normalized spacial score (nSPS) is 16.5. The number of nitrogens with zero attached hydrogens (tertiary/aromatic N) is 2. The smallest absolute Gasteiger partial charge is 0.298 e. The maximum Gasteiger partial charge on any atom is 0.298 e.